The van der Waals surface area contributed by atoms with E-state index in [0.717, 1.165) is 45.1 Å². The fourth-order valence-electron chi connectivity index (χ4n) is 4.08. The molecule has 0 aliphatic carbocycles. The van der Waals surface area contributed by atoms with Crippen LogP contribution < -0.4 is 9.47 Å². The maximum atomic E-state index is 5.73. The second-order valence-electron chi connectivity index (χ2n) is 8.85. The summed E-state index contributed by atoms with van der Waals surface area (Å²) >= 11 is 1.70. The van der Waals surface area contributed by atoms with Crippen LogP contribution in [0, 0.1) is 6.92 Å². The summed E-state index contributed by atoms with van der Waals surface area (Å²) in [5.41, 5.74) is 6.49. The van der Waals surface area contributed by atoms with Gasteiger partial charge in [-0.25, -0.2) is 19.9 Å². The lowest BCUT2D eigenvalue weighted by molar-refractivity contribution is 0.00226. The molecule has 0 atom stereocenters. The van der Waals surface area contributed by atoms with E-state index in [2.05, 4.69) is 61.3 Å². The molecule has 4 aromatic heterocycles. The molecule has 0 aliphatic heterocycles. The SMILES string of the molecule is CSc1ccc2nc(-c3ccc(OCOCCOc4ccc(-c5nc6ccc(C)cc6[nH]5)nc4)cn3)[nH]c2c1. The zero-order chi connectivity index (χ0) is 26.6. The van der Waals surface area contributed by atoms with Gasteiger partial charge in [0.05, 0.1) is 41.1 Å². The fraction of sp³-hybridized carbons (Fsp3) is 0.172. The third-order valence-corrected chi connectivity index (χ3v) is 6.82. The Hall–Kier alpha value is -4.41. The number of ether oxygens (including phenoxy) is 3. The molecule has 0 aliphatic rings. The lowest BCUT2D eigenvalue weighted by Gasteiger charge is -2.09. The topological polar surface area (TPSA) is 111 Å². The van der Waals surface area contributed by atoms with Crippen LogP contribution in [0.5, 0.6) is 11.5 Å². The molecule has 196 valence electrons. The van der Waals surface area contributed by atoms with Crippen molar-refractivity contribution in [1.29, 1.82) is 0 Å². The molecule has 4 heterocycles. The molecule has 0 saturated carbocycles. The van der Waals surface area contributed by atoms with E-state index in [1.807, 2.05) is 42.5 Å². The average molecular weight is 539 g/mol. The van der Waals surface area contributed by atoms with Crippen LogP contribution in [0.25, 0.3) is 45.1 Å². The first-order valence-corrected chi connectivity index (χ1v) is 13.6. The number of fused-ring (bicyclic) bond motifs is 2. The van der Waals surface area contributed by atoms with Gasteiger partial charge in [0, 0.05) is 4.90 Å². The van der Waals surface area contributed by atoms with Gasteiger partial charge in [0.2, 0.25) is 0 Å². The van der Waals surface area contributed by atoms with Crippen molar-refractivity contribution >= 4 is 33.8 Å². The minimum atomic E-state index is 0.0925. The van der Waals surface area contributed by atoms with Gasteiger partial charge in [-0.15, -0.1) is 11.8 Å². The average Bonchev–Trinajstić information content (AvgIpc) is 3.59. The van der Waals surface area contributed by atoms with Gasteiger partial charge in [0.15, 0.2) is 18.4 Å². The molecule has 9 nitrogen and oxygen atoms in total. The summed E-state index contributed by atoms with van der Waals surface area (Å²) in [4.78, 5) is 26.0. The van der Waals surface area contributed by atoms with E-state index in [1.54, 1.807) is 24.2 Å². The van der Waals surface area contributed by atoms with E-state index in [0.29, 0.717) is 24.7 Å². The summed E-state index contributed by atoms with van der Waals surface area (Å²) < 4.78 is 16.9. The predicted molar refractivity (Wildman–Crippen MR) is 152 cm³/mol. The van der Waals surface area contributed by atoms with E-state index in [4.69, 9.17) is 14.2 Å². The number of aromatic nitrogens is 6. The summed E-state index contributed by atoms with van der Waals surface area (Å²) in [6.07, 6.45) is 5.39. The summed E-state index contributed by atoms with van der Waals surface area (Å²) in [6, 6.07) is 19.7. The number of H-pyrrole nitrogens is 2. The Morgan fingerprint density at radius 3 is 2.00 bits per heavy atom. The second kappa shape index (κ2) is 11.1. The largest absolute Gasteiger partial charge is 0.490 e. The first-order valence-electron chi connectivity index (χ1n) is 12.4. The van der Waals surface area contributed by atoms with Crippen molar-refractivity contribution in [1.82, 2.24) is 29.9 Å². The minimum absolute atomic E-state index is 0.0925. The number of thioether (sulfide) groups is 1. The van der Waals surface area contributed by atoms with Crippen molar-refractivity contribution in [2.45, 2.75) is 11.8 Å². The van der Waals surface area contributed by atoms with Crippen molar-refractivity contribution in [3.05, 3.63) is 78.6 Å². The molecular formula is C29H26N6O3S. The van der Waals surface area contributed by atoms with Crippen LogP contribution in [0.15, 0.2) is 78.0 Å². The smallest absolute Gasteiger partial charge is 0.189 e. The molecule has 2 N–H and O–H groups in total. The van der Waals surface area contributed by atoms with Crippen molar-refractivity contribution in [3.8, 4) is 34.5 Å². The van der Waals surface area contributed by atoms with E-state index >= 15 is 0 Å². The maximum Gasteiger partial charge on any atom is 0.189 e. The lowest BCUT2D eigenvalue weighted by atomic mass is 10.2. The third-order valence-electron chi connectivity index (χ3n) is 6.09. The first kappa shape index (κ1) is 24.9. The van der Waals surface area contributed by atoms with Gasteiger partial charge in [0.1, 0.15) is 29.5 Å². The molecule has 0 spiro atoms. The fourth-order valence-corrected chi connectivity index (χ4v) is 4.52. The normalized spacial score (nSPS) is 11.3. The van der Waals surface area contributed by atoms with Gasteiger partial charge in [-0.05, 0) is 73.3 Å². The highest BCUT2D eigenvalue weighted by atomic mass is 32.2. The number of aryl methyl sites for hydroxylation is 1. The maximum absolute atomic E-state index is 5.73. The summed E-state index contributed by atoms with van der Waals surface area (Å²) in [5.74, 6) is 2.72. The van der Waals surface area contributed by atoms with Crippen LogP contribution in [-0.2, 0) is 4.74 Å². The Morgan fingerprint density at radius 1 is 0.718 bits per heavy atom. The number of pyridine rings is 2. The number of benzene rings is 2. The van der Waals surface area contributed by atoms with Crippen LogP contribution in [0.3, 0.4) is 0 Å². The molecule has 0 bridgehead atoms. The molecule has 2 aromatic carbocycles. The molecular weight excluding hydrogens is 512 g/mol. The van der Waals surface area contributed by atoms with Crippen LogP contribution >= 0.6 is 11.8 Å². The quantitative estimate of drug-likeness (QED) is 0.124. The number of imidazole rings is 2. The Balaban J connectivity index is 0.945. The second-order valence-corrected chi connectivity index (χ2v) is 9.73. The van der Waals surface area contributed by atoms with Crippen LogP contribution in [0.2, 0.25) is 0 Å². The van der Waals surface area contributed by atoms with E-state index in [9.17, 15) is 0 Å². The molecule has 6 rings (SSSR count). The highest BCUT2D eigenvalue weighted by Gasteiger charge is 2.09. The molecule has 0 fully saturated rings. The number of rotatable bonds is 10. The minimum Gasteiger partial charge on any atom is -0.490 e. The van der Waals surface area contributed by atoms with Gasteiger partial charge >= 0.3 is 0 Å². The number of hydrogen-bond donors (Lipinski definition) is 2. The van der Waals surface area contributed by atoms with Gasteiger partial charge in [-0.2, -0.15) is 0 Å². The molecule has 0 unspecified atom stereocenters. The predicted octanol–water partition coefficient (Wildman–Crippen LogP) is 6.03. The zero-order valence-electron chi connectivity index (χ0n) is 21.5. The monoisotopic (exact) mass is 538 g/mol. The van der Waals surface area contributed by atoms with Crippen molar-refractivity contribution in [3.63, 3.8) is 0 Å². The van der Waals surface area contributed by atoms with Gasteiger partial charge in [-0.1, -0.05) is 6.07 Å². The van der Waals surface area contributed by atoms with Gasteiger partial charge in [0.25, 0.3) is 0 Å². The molecule has 10 heteroatoms. The van der Waals surface area contributed by atoms with E-state index < -0.39 is 0 Å². The number of aromatic amines is 2. The first-order chi connectivity index (χ1) is 19.1. The lowest BCUT2D eigenvalue weighted by Crippen LogP contribution is -2.10. The highest BCUT2D eigenvalue weighted by Crippen LogP contribution is 2.25. The zero-order valence-corrected chi connectivity index (χ0v) is 22.3. The Morgan fingerprint density at radius 2 is 1.36 bits per heavy atom. The summed E-state index contributed by atoms with van der Waals surface area (Å²) in [7, 11) is 0. The highest BCUT2D eigenvalue weighted by molar-refractivity contribution is 7.98. The van der Waals surface area contributed by atoms with E-state index in [1.165, 1.54) is 10.5 Å². The molecule has 39 heavy (non-hydrogen) atoms. The molecule has 0 amide bonds. The van der Waals surface area contributed by atoms with Crippen molar-refractivity contribution in [2.75, 3.05) is 26.3 Å². The number of nitrogens with one attached hydrogen (secondary N) is 2. The van der Waals surface area contributed by atoms with Crippen molar-refractivity contribution < 1.29 is 14.2 Å². The van der Waals surface area contributed by atoms with Crippen molar-refractivity contribution in [2.24, 2.45) is 0 Å². The number of nitrogens with zero attached hydrogens (tertiary/aromatic N) is 4. The molecule has 0 radical (unpaired) electrons. The van der Waals surface area contributed by atoms with E-state index in [-0.39, 0.29) is 6.79 Å². The van der Waals surface area contributed by atoms with Crippen LogP contribution in [0.1, 0.15) is 5.56 Å². The standard InChI is InChI=1S/C29H26N6O3S/c1-18-3-7-22-26(13-18)34-28(32-22)24-8-4-19(15-30-24)37-12-11-36-17-38-20-5-9-25(31-16-20)29-33-23-10-6-21(39-2)14-27(23)35-29/h3-10,13-16H,11-12,17H2,1-2H3,(H,32,34)(H,33,35). The molecule has 0 saturated heterocycles. The number of hydrogen-bond acceptors (Lipinski definition) is 8. The van der Waals surface area contributed by atoms with Crippen LogP contribution in [0.4, 0.5) is 0 Å². The van der Waals surface area contributed by atoms with Gasteiger partial charge < -0.3 is 24.2 Å². The Bertz CT molecular complexity index is 1710. The Labute approximate surface area is 229 Å². The Kier molecular flexibility index (Phi) is 7.11. The molecule has 6 aromatic rings. The third kappa shape index (κ3) is 5.71. The summed E-state index contributed by atoms with van der Waals surface area (Å²) in [5, 5.41) is 0. The van der Waals surface area contributed by atoms with Gasteiger partial charge in [-0.3, -0.25) is 0 Å². The summed E-state index contributed by atoms with van der Waals surface area (Å²) in [6.45, 7) is 2.89. The van der Waals surface area contributed by atoms with Crippen LogP contribution in [-0.4, -0.2) is 56.2 Å².